The zero-order valence-corrected chi connectivity index (χ0v) is 18.3. The van der Waals surface area contributed by atoms with Gasteiger partial charge in [-0.3, -0.25) is 4.99 Å². The fourth-order valence-corrected chi connectivity index (χ4v) is 3.03. The highest BCUT2D eigenvalue weighted by atomic mass is 16.6. The lowest BCUT2D eigenvalue weighted by Gasteiger charge is -2.37. The van der Waals surface area contributed by atoms with Crippen LogP contribution in [0, 0.1) is 0 Å². The van der Waals surface area contributed by atoms with Gasteiger partial charge in [-0.1, -0.05) is 0 Å². The Bertz CT molecular complexity index is 662. The Morgan fingerprint density at radius 3 is 2.31 bits per heavy atom. The van der Waals surface area contributed by atoms with E-state index < -0.39 is 11.7 Å². The first-order valence-electron chi connectivity index (χ1n) is 10.2. The van der Waals surface area contributed by atoms with Crippen molar-refractivity contribution in [1.82, 2.24) is 15.5 Å². The van der Waals surface area contributed by atoms with E-state index in [-0.39, 0.29) is 0 Å². The molecule has 8 heteroatoms. The van der Waals surface area contributed by atoms with Crippen LogP contribution in [0.4, 0.5) is 10.5 Å². The lowest BCUT2D eigenvalue weighted by molar-refractivity contribution is 0.0529. The van der Waals surface area contributed by atoms with Crippen molar-refractivity contribution in [3.05, 3.63) is 24.3 Å². The van der Waals surface area contributed by atoms with Gasteiger partial charge in [0.25, 0.3) is 0 Å². The molecule has 0 radical (unpaired) electrons. The van der Waals surface area contributed by atoms with Crippen molar-refractivity contribution in [3.8, 4) is 5.75 Å². The number of benzene rings is 1. The van der Waals surface area contributed by atoms with Gasteiger partial charge in [0.2, 0.25) is 0 Å². The Morgan fingerprint density at radius 1 is 1.10 bits per heavy atom. The van der Waals surface area contributed by atoms with E-state index in [9.17, 15) is 4.79 Å². The standard InChI is InChI=1S/C21H35N5O3/c1-6-22-19(23-11-12-24-20(27)29-21(2,3)4)26-15-13-25(14-16-26)17-7-9-18(28-5)10-8-17/h7-10H,6,11-16H2,1-5H3,(H,22,23)(H,24,27). The minimum absolute atomic E-state index is 0.411. The number of guanidine groups is 1. The molecule has 0 atom stereocenters. The van der Waals surface area contributed by atoms with Crippen LogP contribution in [0.3, 0.4) is 0 Å². The van der Waals surface area contributed by atoms with Gasteiger partial charge >= 0.3 is 6.09 Å². The number of methoxy groups -OCH3 is 1. The second-order valence-corrected chi connectivity index (χ2v) is 7.84. The number of hydrogen-bond acceptors (Lipinski definition) is 5. The molecular weight excluding hydrogens is 370 g/mol. The number of rotatable bonds is 6. The van der Waals surface area contributed by atoms with E-state index in [4.69, 9.17) is 9.47 Å². The molecular formula is C21H35N5O3. The van der Waals surface area contributed by atoms with Crippen LogP contribution in [-0.2, 0) is 4.74 Å². The van der Waals surface area contributed by atoms with Crippen LogP contribution in [0.2, 0.25) is 0 Å². The summed E-state index contributed by atoms with van der Waals surface area (Å²) in [7, 11) is 1.68. The number of nitrogens with one attached hydrogen (secondary N) is 2. The molecule has 1 fully saturated rings. The van der Waals surface area contributed by atoms with Crippen LogP contribution in [0.5, 0.6) is 5.75 Å². The quantitative estimate of drug-likeness (QED) is 0.430. The SMILES string of the molecule is CCNC(=NCCNC(=O)OC(C)(C)C)N1CCN(c2ccc(OC)cc2)CC1. The molecule has 1 saturated heterocycles. The fraction of sp³-hybridized carbons (Fsp3) is 0.619. The predicted molar refractivity (Wildman–Crippen MR) is 117 cm³/mol. The first-order chi connectivity index (χ1) is 13.8. The summed E-state index contributed by atoms with van der Waals surface area (Å²) in [5, 5.41) is 6.09. The number of anilines is 1. The number of ether oxygens (including phenoxy) is 2. The van der Waals surface area contributed by atoms with Crippen molar-refractivity contribution in [2.45, 2.75) is 33.3 Å². The number of hydrogen-bond donors (Lipinski definition) is 2. The van der Waals surface area contributed by atoms with Gasteiger partial charge in [-0.25, -0.2) is 4.79 Å². The van der Waals surface area contributed by atoms with Crippen molar-refractivity contribution in [1.29, 1.82) is 0 Å². The minimum atomic E-state index is -0.494. The summed E-state index contributed by atoms with van der Waals surface area (Å²) in [6, 6.07) is 8.17. The predicted octanol–water partition coefficient (Wildman–Crippen LogP) is 2.31. The molecule has 162 valence electrons. The maximum Gasteiger partial charge on any atom is 0.407 e. The second-order valence-electron chi connectivity index (χ2n) is 7.84. The molecule has 0 aliphatic carbocycles. The van der Waals surface area contributed by atoms with Gasteiger partial charge in [0.15, 0.2) is 5.96 Å². The molecule has 0 spiro atoms. The van der Waals surface area contributed by atoms with Crippen molar-refractivity contribution in [3.63, 3.8) is 0 Å². The molecule has 1 aromatic rings. The van der Waals surface area contributed by atoms with Crippen LogP contribution in [0.25, 0.3) is 0 Å². The molecule has 1 aliphatic heterocycles. The van der Waals surface area contributed by atoms with Gasteiger partial charge < -0.3 is 29.9 Å². The third-order valence-corrected chi connectivity index (χ3v) is 4.39. The van der Waals surface area contributed by atoms with Crippen LogP contribution >= 0.6 is 0 Å². The van der Waals surface area contributed by atoms with Gasteiger partial charge in [0.1, 0.15) is 11.4 Å². The second kappa shape index (κ2) is 10.8. The summed E-state index contributed by atoms with van der Waals surface area (Å²) in [5.74, 6) is 1.75. The molecule has 1 aliphatic rings. The normalized spacial score (nSPS) is 15.1. The van der Waals surface area contributed by atoms with E-state index in [0.717, 1.165) is 44.4 Å². The third kappa shape index (κ3) is 7.71. The van der Waals surface area contributed by atoms with Crippen LogP contribution in [0.15, 0.2) is 29.3 Å². The number of alkyl carbamates (subject to hydrolysis) is 1. The minimum Gasteiger partial charge on any atom is -0.497 e. The summed E-state index contributed by atoms with van der Waals surface area (Å²) in [4.78, 5) is 21.0. The van der Waals surface area contributed by atoms with Crippen molar-refractivity contribution in [2.24, 2.45) is 4.99 Å². The molecule has 0 bridgehead atoms. The topological polar surface area (TPSA) is 78.4 Å². The van der Waals surface area contributed by atoms with Crippen LogP contribution < -0.4 is 20.3 Å². The summed E-state index contributed by atoms with van der Waals surface area (Å²) >= 11 is 0. The zero-order valence-electron chi connectivity index (χ0n) is 18.3. The Kier molecular flexibility index (Phi) is 8.42. The molecule has 0 unspecified atom stereocenters. The maximum absolute atomic E-state index is 11.7. The van der Waals surface area contributed by atoms with Gasteiger partial charge in [0, 0.05) is 45.0 Å². The number of nitrogens with zero attached hydrogens (tertiary/aromatic N) is 3. The van der Waals surface area contributed by atoms with E-state index in [1.54, 1.807) is 7.11 Å². The zero-order chi connectivity index (χ0) is 21.3. The Labute approximate surface area is 174 Å². The highest BCUT2D eigenvalue weighted by Gasteiger charge is 2.20. The summed E-state index contributed by atoms with van der Waals surface area (Å²) in [5.41, 5.74) is 0.709. The monoisotopic (exact) mass is 405 g/mol. The lowest BCUT2D eigenvalue weighted by atomic mass is 10.2. The largest absolute Gasteiger partial charge is 0.497 e. The average Bonchev–Trinajstić information content (AvgIpc) is 2.69. The van der Waals surface area contributed by atoms with Crippen LogP contribution in [-0.4, -0.2) is 75.5 Å². The van der Waals surface area contributed by atoms with Gasteiger partial charge in [0.05, 0.1) is 13.7 Å². The molecule has 2 rings (SSSR count). The fourth-order valence-electron chi connectivity index (χ4n) is 3.03. The van der Waals surface area contributed by atoms with Gasteiger partial charge in [-0.05, 0) is 52.0 Å². The van der Waals surface area contributed by atoms with E-state index >= 15 is 0 Å². The first kappa shape index (κ1) is 22.6. The molecule has 1 heterocycles. The maximum atomic E-state index is 11.7. The number of carbonyl (C=O) groups is 1. The molecule has 29 heavy (non-hydrogen) atoms. The number of aliphatic imine (C=N–C) groups is 1. The third-order valence-electron chi connectivity index (χ3n) is 4.39. The summed E-state index contributed by atoms with van der Waals surface area (Å²) in [6.45, 7) is 13.0. The molecule has 8 nitrogen and oxygen atoms in total. The van der Waals surface area contributed by atoms with Gasteiger partial charge in [-0.15, -0.1) is 0 Å². The van der Waals surface area contributed by atoms with E-state index in [0.29, 0.717) is 13.1 Å². The number of amides is 1. The average molecular weight is 406 g/mol. The Morgan fingerprint density at radius 2 is 1.76 bits per heavy atom. The molecule has 2 N–H and O–H groups in total. The lowest BCUT2D eigenvalue weighted by Crippen LogP contribution is -2.52. The van der Waals surface area contributed by atoms with E-state index in [1.807, 2.05) is 32.9 Å². The molecule has 0 aromatic heterocycles. The smallest absolute Gasteiger partial charge is 0.407 e. The highest BCUT2D eigenvalue weighted by molar-refractivity contribution is 5.80. The van der Waals surface area contributed by atoms with Crippen molar-refractivity contribution < 1.29 is 14.3 Å². The molecule has 1 aromatic carbocycles. The highest BCUT2D eigenvalue weighted by Crippen LogP contribution is 2.20. The summed E-state index contributed by atoms with van der Waals surface area (Å²) < 4.78 is 10.5. The molecule has 1 amide bonds. The van der Waals surface area contributed by atoms with Gasteiger partial charge in [-0.2, -0.15) is 0 Å². The van der Waals surface area contributed by atoms with Crippen molar-refractivity contribution in [2.75, 3.05) is 57.8 Å². The van der Waals surface area contributed by atoms with E-state index in [1.165, 1.54) is 5.69 Å². The summed E-state index contributed by atoms with van der Waals surface area (Å²) in [6.07, 6.45) is -0.411. The Balaban J connectivity index is 1.83. The van der Waals surface area contributed by atoms with Crippen molar-refractivity contribution >= 4 is 17.7 Å². The Hall–Kier alpha value is -2.64. The first-order valence-corrected chi connectivity index (χ1v) is 10.2. The van der Waals surface area contributed by atoms with E-state index in [2.05, 4.69) is 44.5 Å². The molecule has 0 saturated carbocycles. The van der Waals surface area contributed by atoms with Crippen LogP contribution in [0.1, 0.15) is 27.7 Å². The number of carbonyl (C=O) groups excluding carboxylic acids is 1. The number of piperazine rings is 1.